The summed E-state index contributed by atoms with van der Waals surface area (Å²) < 4.78 is 4.76. The van der Waals surface area contributed by atoms with Crippen LogP contribution in [0.4, 0.5) is 16.3 Å². The molecule has 0 bridgehead atoms. The summed E-state index contributed by atoms with van der Waals surface area (Å²) in [7, 11) is 0. The summed E-state index contributed by atoms with van der Waals surface area (Å²) in [4.78, 5) is 15.3. The van der Waals surface area contributed by atoms with Crippen LogP contribution in [0.5, 0.6) is 0 Å². The predicted octanol–water partition coefficient (Wildman–Crippen LogP) is 2.86. The maximum absolute atomic E-state index is 11.1. The van der Waals surface area contributed by atoms with Crippen LogP contribution in [-0.2, 0) is 4.74 Å². The maximum atomic E-state index is 11.1. The number of nitrogens with zero attached hydrogens (tertiary/aromatic N) is 1. The SMILES string of the molecule is CCCCNc1ccc(NC(=O)OCC)cn1. The lowest BCUT2D eigenvalue weighted by Crippen LogP contribution is -2.13. The molecule has 1 aromatic rings. The zero-order chi connectivity index (χ0) is 12.5. The number of ether oxygens (including phenoxy) is 1. The molecular weight excluding hydrogens is 218 g/mol. The van der Waals surface area contributed by atoms with Crippen LogP contribution in [0.3, 0.4) is 0 Å². The quantitative estimate of drug-likeness (QED) is 0.747. The molecule has 0 aliphatic heterocycles. The number of aromatic nitrogens is 1. The van der Waals surface area contributed by atoms with Crippen molar-refractivity contribution in [2.24, 2.45) is 0 Å². The number of hydrogen-bond donors (Lipinski definition) is 2. The number of carbonyl (C=O) groups is 1. The van der Waals surface area contributed by atoms with E-state index in [4.69, 9.17) is 4.74 Å². The molecule has 0 saturated carbocycles. The Morgan fingerprint density at radius 1 is 1.41 bits per heavy atom. The van der Waals surface area contributed by atoms with Crippen LogP contribution in [0.15, 0.2) is 18.3 Å². The van der Waals surface area contributed by atoms with Gasteiger partial charge in [0.2, 0.25) is 0 Å². The molecule has 2 N–H and O–H groups in total. The first-order valence-electron chi connectivity index (χ1n) is 5.90. The van der Waals surface area contributed by atoms with Crippen LogP contribution in [0.25, 0.3) is 0 Å². The Morgan fingerprint density at radius 3 is 2.82 bits per heavy atom. The lowest BCUT2D eigenvalue weighted by atomic mass is 10.3. The molecule has 0 aliphatic carbocycles. The zero-order valence-corrected chi connectivity index (χ0v) is 10.3. The van der Waals surface area contributed by atoms with Gasteiger partial charge in [0.25, 0.3) is 0 Å². The average molecular weight is 237 g/mol. The fourth-order valence-corrected chi connectivity index (χ4v) is 1.25. The van der Waals surface area contributed by atoms with Gasteiger partial charge in [-0.1, -0.05) is 13.3 Å². The Balaban J connectivity index is 2.41. The molecule has 1 aromatic heterocycles. The minimum Gasteiger partial charge on any atom is -0.450 e. The third-order valence-electron chi connectivity index (χ3n) is 2.12. The van der Waals surface area contributed by atoms with E-state index in [0.29, 0.717) is 12.3 Å². The summed E-state index contributed by atoms with van der Waals surface area (Å²) in [6.07, 6.45) is 3.41. The third kappa shape index (κ3) is 5.19. The van der Waals surface area contributed by atoms with E-state index in [1.807, 2.05) is 6.07 Å². The van der Waals surface area contributed by atoms with Gasteiger partial charge in [-0.2, -0.15) is 0 Å². The number of anilines is 2. The van der Waals surface area contributed by atoms with Crippen LogP contribution in [0, 0.1) is 0 Å². The van der Waals surface area contributed by atoms with Gasteiger partial charge in [-0.3, -0.25) is 5.32 Å². The van der Waals surface area contributed by atoms with Gasteiger partial charge in [0, 0.05) is 6.54 Å². The Kier molecular flexibility index (Phi) is 5.85. The Bertz CT molecular complexity index is 338. The van der Waals surface area contributed by atoms with E-state index in [-0.39, 0.29) is 0 Å². The molecule has 0 aromatic carbocycles. The van der Waals surface area contributed by atoms with E-state index in [0.717, 1.165) is 25.2 Å². The van der Waals surface area contributed by atoms with Crippen LogP contribution >= 0.6 is 0 Å². The molecule has 5 heteroatoms. The molecule has 94 valence electrons. The van der Waals surface area contributed by atoms with Crippen molar-refractivity contribution in [1.82, 2.24) is 4.98 Å². The molecule has 17 heavy (non-hydrogen) atoms. The van der Waals surface area contributed by atoms with Crippen LogP contribution < -0.4 is 10.6 Å². The highest BCUT2D eigenvalue weighted by Crippen LogP contribution is 2.10. The van der Waals surface area contributed by atoms with E-state index in [9.17, 15) is 4.79 Å². The number of amides is 1. The van der Waals surface area contributed by atoms with Gasteiger partial charge in [0.15, 0.2) is 0 Å². The largest absolute Gasteiger partial charge is 0.450 e. The summed E-state index contributed by atoms with van der Waals surface area (Å²) >= 11 is 0. The number of rotatable bonds is 6. The molecule has 0 fully saturated rings. The first-order valence-corrected chi connectivity index (χ1v) is 5.90. The van der Waals surface area contributed by atoms with Crippen molar-refractivity contribution in [3.63, 3.8) is 0 Å². The minimum atomic E-state index is -0.457. The number of carbonyl (C=O) groups excluding carboxylic acids is 1. The van der Waals surface area contributed by atoms with Crippen molar-refractivity contribution in [2.45, 2.75) is 26.7 Å². The first-order chi connectivity index (χ1) is 8.26. The van der Waals surface area contributed by atoms with Crippen molar-refractivity contribution in [3.8, 4) is 0 Å². The number of unbranched alkanes of at least 4 members (excludes halogenated alkanes) is 1. The zero-order valence-electron chi connectivity index (χ0n) is 10.3. The van der Waals surface area contributed by atoms with Gasteiger partial charge in [-0.05, 0) is 25.5 Å². The number of nitrogens with one attached hydrogen (secondary N) is 2. The average Bonchev–Trinajstić information content (AvgIpc) is 2.32. The van der Waals surface area contributed by atoms with Crippen molar-refractivity contribution >= 4 is 17.6 Å². The fourth-order valence-electron chi connectivity index (χ4n) is 1.25. The molecular formula is C12H19N3O2. The molecule has 0 aliphatic rings. The molecule has 0 spiro atoms. The Hall–Kier alpha value is -1.78. The smallest absolute Gasteiger partial charge is 0.411 e. The molecule has 0 saturated heterocycles. The summed E-state index contributed by atoms with van der Waals surface area (Å²) in [6, 6.07) is 3.62. The predicted molar refractivity (Wildman–Crippen MR) is 68.3 cm³/mol. The van der Waals surface area contributed by atoms with E-state index < -0.39 is 6.09 Å². The molecule has 0 unspecified atom stereocenters. The van der Waals surface area contributed by atoms with Crippen molar-refractivity contribution in [3.05, 3.63) is 18.3 Å². The Labute approximate surface area is 102 Å². The molecule has 0 radical (unpaired) electrons. The lowest BCUT2D eigenvalue weighted by Gasteiger charge is -2.07. The van der Waals surface area contributed by atoms with E-state index in [1.54, 1.807) is 19.2 Å². The van der Waals surface area contributed by atoms with Gasteiger partial charge in [-0.25, -0.2) is 9.78 Å². The summed E-state index contributed by atoms with van der Waals surface area (Å²) in [5.41, 5.74) is 0.629. The second kappa shape index (κ2) is 7.49. The van der Waals surface area contributed by atoms with Crippen LogP contribution in [0.2, 0.25) is 0 Å². The fraction of sp³-hybridized carbons (Fsp3) is 0.500. The Morgan fingerprint density at radius 2 is 2.24 bits per heavy atom. The van der Waals surface area contributed by atoms with Crippen molar-refractivity contribution in [2.75, 3.05) is 23.8 Å². The van der Waals surface area contributed by atoms with Gasteiger partial charge in [-0.15, -0.1) is 0 Å². The molecule has 0 atom stereocenters. The second-order valence-electron chi connectivity index (χ2n) is 3.56. The first kappa shape index (κ1) is 13.3. The highest BCUT2D eigenvalue weighted by Gasteiger charge is 2.01. The molecule has 1 rings (SSSR count). The molecule has 5 nitrogen and oxygen atoms in total. The molecule has 1 heterocycles. The second-order valence-corrected chi connectivity index (χ2v) is 3.56. The maximum Gasteiger partial charge on any atom is 0.411 e. The van der Waals surface area contributed by atoms with E-state index in [2.05, 4.69) is 22.5 Å². The minimum absolute atomic E-state index is 0.357. The lowest BCUT2D eigenvalue weighted by molar-refractivity contribution is 0.168. The van der Waals surface area contributed by atoms with Gasteiger partial charge >= 0.3 is 6.09 Å². The van der Waals surface area contributed by atoms with E-state index in [1.165, 1.54) is 0 Å². The van der Waals surface area contributed by atoms with Gasteiger partial charge in [0.1, 0.15) is 5.82 Å². The van der Waals surface area contributed by atoms with Crippen molar-refractivity contribution < 1.29 is 9.53 Å². The normalized spacial score (nSPS) is 9.76. The summed E-state index contributed by atoms with van der Waals surface area (Å²) in [5, 5.41) is 5.78. The monoisotopic (exact) mass is 237 g/mol. The number of pyridine rings is 1. The topological polar surface area (TPSA) is 63.2 Å². The van der Waals surface area contributed by atoms with Gasteiger partial charge < -0.3 is 10.1 Å². The highest BCUT2D eigenvalue weighted by atomic mass is 16.5. The third-order valence-corrected chi connectivity index (χ3v) is 2.12. The molecule has 1 amide bonds. The van der Waals surface area contributed by atoms with Crippen LogP contribution in [-0.4, -0.2) is 24.2 Å². The van der Waals surface area contributed by atoms with Gasteiger partial charge in [0.05, 0.1) is 18.5 Å². The van der Waals surface area contributed by atoms with Crippen molar-refractivity contribution in [1.29, 1.82) is 0 Å². The summed E-state index contributed by atoms with van der Waals surface area (Å²) in [6.45, 7) is 5.17. The van der Waals surface area contributed by atoms with Crippen LogP contribution in [0.1, 0.15) is 26.7 Å². The van der Waals surface area contributed by atoms with E-state index >= 15 is 0 Å². The standard InChI is InChI=1S/C12H19N3O2/c1-3-5-8-13-11-7-6-10(9-14-11)15-12(16)17-4-2/h6-7,9H,3-5,8H2,1-2H3,(H,13,14)(H,15,16). The highest BCUT2D eigenvalue weighted by molar-refractivity contribution is 5.84. The summed E-state index contributed by atoms with van der Waals surface area (Å²) in [5.74, 6) is 0.813. The number of hydrogen-bond acceptors (Lipinski definition) is 4.